The third-order valence-corrected chi connectivity index (χ3v) is 6.30. The van der Waals surface area contributed by atoms with Crippen LogP contribution in [-0.2, 0) is 17.8 Å². The summed E-state index contributed by atoms with van der Waals surface area (Å²) in [5, 5.41) is 0.527. The lowest BCUT2D eigenvalue weighted by Crippen LogP contribution is -2.43. The van der Waals surface area contributed by atoms with Gasteiger partial charge in [-0.2, -0.15) is 0 Å². The maximum Gasteiger partial charge on any atom is 0.331 e. The molecule has 0 amide bonds. The van der Waals surface area contributed by atoms with E-state index in [4.69, 9.17) is 10.5 Å². The van der Waals surface area contributed by atoms with Gasteiger partial charge in [0.1, 0.15) is 0 Å². The minimum Gasteiger partial charge on any atom is -0.399 e. The molecule has 8 nitrogen and oxygen atoms in total. The van der Waals surface area contributed by atoms with Gasteiger partial charge in [-0.15, -0.1) is 0 Å². The second-order valence-corrected chi connectivity index (χ2v) is 8.38. The molecule has 4 rings (SSSR count). The average Bonchev–Trinajstić information content (AvgIpc) is 2.78. The zero-order chi connectivity index (χ0) is 20.9. The molecule has 2 N–H and O–H groups in total. The van der Waals surface area contributed by atoms with Gasteiger partial charge in [0.15, 0.2) is 0 Å². The van der Waals surface area contributed by atoms with Gasteiger partial charge in [-0.1, -0.05) is 6.42 Å². The van der Waals surface area contributed by atoms with Gasteiger partial charge < -0.3 is 15.4 Å². The molecule has 3 heterocycles. The Kier molecular flexibility index (Phi) is 6.86. The van der Waals surface area contributed by atoms with Gasteiger partial charge in [0.2, 0.25) is 0 Å². The van der Waals surface area contributed by atoms with Crippen molar-refractivity contribution < 1.29 is 4.74 Å². The highest BCUT2D eigenvalue weighted by molar-refractivity contribution is 5.81. The Labute approximate surface area is 176 Å². The maximum atomic E-state index is 13.3. The van der Waals surface area contributed by atoms with Crippen molar-refractivity contribution in [1.82, 2.24) is 18.9 Å². The molecule has 0 saturated carbocycles. The van der Waals surface area contributed by atoms with Gasteiger partial charge in [-0.3, -0.25) is 18.8 Å². The second-order valence-electron chi connectivity index (χ2n) is 8.38. The predicted octanol–water partition coefficient (Wildman–Crippen LogP) is 0.954. The van der Waals surface area contributed by atoms with E-state index in [1.54, 1.807) is 16.7 Å². The molecule has 0 aliphatic carbocycles. The molecule has 164 valence electrons. The molecule has 2 fully saturated rings. The summed E-state index contributed by atoms with van der Waals surface area (Å²) in [5.74, 6) is 0. The minimum absolute atomic E-state index is 0.212. The summed E-state index contributed by atoms with van der Waals surface area (Å²) in [4.78, 5) is 31.1. The van der Waals surface area contributed by atoms with E-state index in [0.29, 0.717) is 29.7 Å². The fourth-order valence-electron chi connectivity index (χ4n) is 4.56. The average molecular weight is 416 g/mol. The van der Waals surface area contributed by atoms with Crippen molar-refractivity contribution in [2.75, 3.05) is 58.2 Å². The van der Waals surface area contributed by atoms with E-state index in [0.717, 1.165) is 58.9 Å². The van der Waals surface area contributed by atoms with E-state index in [1.807, 2.05) is 6.07 Å². The van der Waals surface area contributed by atoms with Crippen molar-refractivity contribution in [2.24, 2.45) is 0 Å². The number of ether oxygens (including phenoxy) is 1. The van der Waals surface area contributed by atoms with Crippen molar-refractivity contribution in [3.05, 3.63) is 39.0 Å². The second kappa shape index (κ2) is 9.76. The molecule has 2 saturated heterocycles. The van der Waals surface area contributed by atoms with Gasteiger partial charge in [-0.25, -0.2) is 4.79 Å². The van der Waals surface area contributed by atoms with Crippen molar-refractivity contribution in [2.45, 2.75) is 38.8 Å². The van der Waals surface area contributed by atoms with Crippen LogP contribution in [0.1, 0.15) is 25.7 Å². The predicted molar refractivity (Wildman–Crippen MR) is 119 cm³/mol. The number of nitrogens with zero attached hydrogens (tertiary/aromatic N) is 4. The van der Waals surface area contributed by atoms with Crippen molar-refractivity contribution in [3.8, 4) is 0 Å². The topological polar surface area (TPSA) is 85.7 Å². The SMILES string of the molecule is Nc1ccc2c(c1)c(=O)n(CCCN1CCOCC1)c(=O)n2CCN1CCCCC1. The number of piperidine rings is 1. The van der Waals surface area contributed by atoms with Gasteiger partial charge in [-0.05, 0) is 50.6 Å². The molecule has 8 heteroatoms. The van der Waals surface area contributed by atoms with Crippen LogP contribution in [0.5, 0.6) is 0 Å². The summed E-state index contributed by atoms with van der Waals surface area (Å²) in [7, 11) is 0. The molecule has 30 heavy (non-hydrogen) atoms. The molecule has 0 bridgehead atoms. The molecule has 0 atom stereocenters. The normalized spacial score (nSPS) is 18.8. The molecular formula is C22H33N5O3. The zero-order valence-electron chi connectivity index (χ0n) is 17.7. The molecule has 1 aromatic heterocycles. The smallest absolute Gasteiger partial charge is 0.331 e. The quantitative estimate of drug-likeness (QED) is 0.678. The van der Waals surface area contributed by atoms with Gasteiger partial charge in [0.25, 0.3) is 5.56 Å². The summed E-state index contributed by atoms with van der Waals surface area (Å²) in [6.07, 6.45) is 4.47. The Balaban J connectivity index is 1.58. The van der Waals surface area contributed by atoms with Gasteiger partial charge in [0, 0.05) is 45.0 Å². The number of aromatic nitrogens is 2. The number of morpholine rings is 1. The molecule has 2 aliphatic heterocycles. The highest BCUT2D eigenvalue weighted by Gasteiger charge is 2.16. The first-order valence-electron chi connectivity index (χ1n) is 11.2. The Morgan fingerprint density at radius 2 is 1.57 bits per heavy atom. The first-order valence-corrected chi connectivity index (χ1v) is 11.2. The molecule has 0 spiro atoms. The number of likely N-dealkylation sites (tertiary alicyclic amines) is 1. The van der Waals surface area contributed by atoms with E-state index in [2.05, 4.69) is 9.80 Å². The first-order chi connectivity index (χ1) is 14.6. The molecular weight excluding hydrogens is 382 g/mol. The Morgan fingerprint density at radius 1 is 0.833 bits per heavy atom. The van der Waals surface area contributed by atoms with E-state index < -0.39 is 0 Å². The standard InChI is InChI=1S/C22H33N5O3/c23-18-5-6-20-19(17-18)21(28)27(10-4-9-25-13-15-30-16-14-25)22(29)26(20)12-11-24-7-2-1-3-8-24/h5-6,17H,1-4,7-16,23H2. The maximum absolute atomic E-state index is 13.3. The minimum atomic E-state index is -0.237. The van der Waals surface area contributed by atoms with Gasteiger partial charge in [0.05, 0.1) is 24.1 Å². The van der Waals surface area contributed by atoms with Crippen molar-refractivity contribution >= 4 is 16.6 Å². The summed E-state index contributed by atoms with van der Waals surface area (Å²) >= 11 is 0. The van der Waals surface area contributed by atoms with Crippen molar-refractivity contribution in [3.63, 3.8) is 0 Å². The lowest BCUT2D eigenvalue weighted by Gasteiger charge is -2.27. The number of anilines is 1. The monoisotopic (exact) mass is 415 g/mol. The highest BCUT2D eigenvalue weighted by atomic mass is 16.5. The molecule has 2 aromatic rings. The van der Waals surface area contributed by atoms with Gasteiger partial charge >= 0.3 is 5.69 Å². The first kappa shape index (κ1) is 21.1. The summed E-state index contributed by atoms with van der Waals surface area (Å²) in [5.41, 5.74) is 6.73. The molecule has 2 aliphatic rings. The van der Waals surface area contributed by atoms with Crippen LogP contribution in [0, 0.1) is 0 Å². The Bertz CT molecular complexity index is 971. The number of hydrogen-bond donors (Lipinski definition) is 1. The largest absolute Gasteiger partial charge is 0.399 e. The van der Waals surface area contributed by atoms with E-state index in [-0.39, 0.29) is 11.2 Å². The number of rotatable bonds is 7. The number of benzene rings is 1. The summed E-state index contributed by atoms with van der Waals surface area (Å²) in [6, 6.07) is 5.27. The third kappa shape index (κ3) is 4.77. The van der Waals surface area contributed by atoms with Crippen LogP contribution in [0.15, 0.2) is 27.8 Å². The lowest BCUT2D eigenvalue weighted by atomic mass is 10.1. The Hall–Kier alpha value is -2.16. The number of fused-ring (bicyclic) bond motifs is 1. The van der Waals surface area contributed by atoms with Crippen LogP contribution in [0.2, 0.25) is 0 Å². The van der Waals surface area contributed by atoms with Crippen LogP contribution < -0.4 is 17.0 Å². The summed E-state index contributed by atoms with van der Waals surface area (Å²) in [6.45, 7) is 8.16. The van der Waals surface area contributed by atoms with Crippen molar-refractivity contribution in [1.29, 1.82) is 0 Å². The fraction of sp³-hybridized carbons (Fsp3) is 0.636. The number of nitrogen functional groups attached to an aromatic ring is 1. The summed E-state index contributed by atoms with van der Waals surface area (Å²) < 4.78 is 8.55. The van der Waals surface area contributed by atoms with Crippen LogP contribution >= 0.6 is 0 Å². The van der Waals surface area contributed by atoms with Crippen LogP contribution in [0.3, 0.4) is 0 Å². The molecule has 0 unspecified atom stereocenters. The number of hydrogen-bond acceptors (Lipinski definition) is 6. The van der Waals surface area contributed by atoms with E-state index in [9.17, 15) is 9.59 Å². The van der Waals surface area contributed by atoms with E-state index in [1.165, 1.54) is 23.8 Å². The number of nitrogens with two attached hydrogens (primary N) is 1. The molecule has 1 aromatic carbocycles. The fourth-order valence-corrected chi connectivity index (χ4v) is 4.56. The van der Waals surface area contributed by atoms with Crippen LogP contribution in [0.25, 0.3) is 10.9 Å². The third-order valence-electron chi connectivity index (χ3n) is 6.30. The van der Waals surface area contributed by atoms with E-state index >= 15 is 0 Å². The lowest BCUT2D eigenvalue weighted by molar-refractivity contribution is 0.0368. The van der Waals surface area contributed by atoms with Crippen LogP contribution in [-0.4, -0.2) is 71.4 Å². The Morgan fingerprint density at radius 3 is 2.33 bits per heavy atom. The highest BCUT2D eigenvalue weighted by Crippen LogP contribution is 2.14. The zero-order valence-corrected chi connectivity index (χ0v) is 17.7. The molecule has 0 radical (unpaired) electrons. The van der Waals surface area contributed by atoms with Crippen LogP contribution in [0.4, 0.5) is 5.69 Å².